The highest BCUT2D eigenvalue weighted by Crippen LogP contribution is 2.26. The van der Waals surface area contributed by atoms with E-state index in [1.165, 1.54) is 21.9 Å². The molecule has 2 nitrogen and oxygen atoms in total. The molecule has 1 N–H and O–H groups in total. The lowest BCUT2D eigenvalue weighted by atomic mass is 9.96. The van der Waals surface area contributed by atoms with Crippen LogP contribution in [-0.4, -0.2) is 12.0 Å². The summed E-state index contributed by atoms with van der Waals surface area (Å²) in [5, 5.41) is 6.59. The molecule has 1 heterocycles. The Balaban J connectivity index is 1.96. The maximum atomic E-state index is 5.95. The molecule has 1 aromatic heterocycles. The Morgan fingerprint density at radius 1 is 1.05 bits per heavy atom. The maximum absolute atomic E-state index is 5.95. The third-order valence-corrected chi connectivity index (χ3v) is 4.03. The van der Waals surface area contributed by atoms with Crippen LogP contribution in [0.3, 0.4) is 0 Å². The summed E-state index contributed by atoms with van der Waals surface area (Å²) in [4.78, 5) is 4.38. The van der Waals surface area contributed by atoms with Crippen molar-refractivity contribution < 1.29 is 0 Å². The van der Waals surface area contributed by atoms with Crippen LogP contribution in [0.2, 0.25) is 5.02 Å². The summed E-state index contributed by atoms with van der Waals surface area (Å²) in [6.45, 7) is 0. The number of aromatic nitrogens is 1. The molecule has 0 spiro atoms. The molecule has 3 aromatic rings. The fraction of sp³-hybridized carbons (Fsp3) is 0.167. The molecule has 0 bridgehead atoms. The van der Waals surface area contributed by atoms with E-state index in [1.54, 1.807) is 0 Å². The molecule has 0 fully saturated rings. The third-order valence-electron chi connectivity index (χ3n) is 3.78. The number of rotatable bonds is 4. The van der Waals surface area contributed by atoms with Gasteiger partial charge in [0.05, 0.1) is 0 Å². The van der Waals surface area contributed by atoms with Gasteiger partial charge < -0.3 is 5.32 Å². The van der Waals surface area contributed by atoms with Gasteiger partial charge in [0.25, 0.3) is 0 Å². The summed E-state index contributed by atoms with van der Waals surface area (Å²) in [5.41, 5.74) is 2.48. The molecule has 2 aromatic carbocycles. The SMILES string of the molecule is CNC(Cc1ccc(Cl)cc1)c1cncc2ccccc12. The molecule has 0 saturated heterocycles. The van der Waals surface area contributed by atoms with E-state index in [2.05, 4.69) is 40.6 Å². The molecule has 0 aliphatic rings. The molecule has 0 radical (unpaired) electrons. The molecule has 3 heteroatoms. The first-order chi connectivity index (χ1) is 10.3. The fourth-order valence-electron chi connectivity index (χ4n) is 2.64. The highest BCUT2D eigenvalue weighted by Gasteiger charge is 2.13. The number of halogens is 1. The second-order valence-corrected chi connectivity index (χ2v) is 5.56. The van der Waals surface area contributed by atoms with Crippen molar-refractivity contribution in [3.63, 3.8) is 0 Å². The minimum atomic E-state index is 0.227. The van der Waals surface area contributed by atoms with E-state index in [-0.39, 0.29) is 6.04 Å². The first kappa shape index (κ1) is 14.1. The molecule has 0 aliphatic heterocycles. The van der Waals surface area contributed by atoms with Crippen molar-refractivity contribution in [3.8, 4) is 0 Å². The van der Waals surface area contributed by atoms with Crippen LogP contribution in [0.1, 0.15) is 17.2 Å². The average Bonchev–Trinajstić information content (AvgIpc) is 2.54. The Morgan fingerprint density at radius 2 is 1.81 bits per heavy atom. The molecule has 0 amide bonds. The van der Waals surface area contributed by atoms with Crippen LogP contribution in [0.15, 0.2) is 60.9 Å². The van der Waals surface area contributed by atoms with Gasteiger partial charge in [0.1, 0.15) is 0 Å². The molecule has 0 saturated carbocycles. The Bertz CT molecular complexity index is 732. The highest BCUT2D eigenvalue weighted by molar-refractivity contribution is 6.30. The highest BCUT2D eigenvalue weighted by atomic mass is 35.5. The lowest BCUT2D eigenvalue weighted by molar-refractivity contribution is 0.594. The van der Waals surface area contributed by atoms with Gasteiger partial charge in [-0.25, -0.2) is 0 Å². The zero-order chi connectivity index (χ0) is 14.7. The van der Waals surface area contributed by atoms with Crippen molar-refractivity contribution in [2.45, 2.75) is 12.5 Å². The summed E-state index contributed by atoms with van der Waals surface area (Å²) in [5.74, 6) is 0. The van der Waals surface area contributed by atoms with E-state index in [1.807, 2.05) is 37.6 Å². The summed E-state index contributed by atoms with van der Waals surface area (Å²) in [6, 6.07) is 16.6. The van der Waals surface area contributed by atoms with Gasteiger partial charge in [0.15, 0.2) is 0 Å². The van der Waals surface area contributed by atoms with E-state index >= 15 is 0 Å². The number of hydrogen-bond acceptors (Lipinski definition) is 2. The minimum absolute atomic E-state index is 0.227. The van der Waals surface area contributed by atoms with Crippen molar-refractivity contribution in [2.75, 3.05) is 7.05 Å². The van der Waals surface area contributed by atoms with Gasteiger partial charge in [0.2, 0.25) is 0 Å². The number of fused-ring (bicyclic) bond motifs is 1. The third kappa shape index (κ3) is 3.07. The average molecular weight is 297 g/mol. The molecule has 1 unspecified atom stereocenters. The largest absolute Gasteiger partial charge is 0.313 e. The lowest BCUT2D eigenvalue weighted by Crippen LogP contribution is -2.19. The zero-order valence-corrected chi connectivity index (χ0v) is 12.6. The summed E-state index contributed by atoms with van der Waals surface area (Å²) >= 11 is 5.95. The molecule has 106 valence electrons. The van der Waals surface area contributed by atoms with Crippen molar-refractivity contribution in [2.24, 2.45) is 0 Å². The molecular formula is C18H17ClN2. The van der Waals surface area contributed by atoms with Crippen LogP contribution < -0.4 is 5.32 Å². The van der Waals surface area contributed by atoms with Gasteiger partial charge in [-0.05, 0) is 42.1 Å². The van der Waals surface area contributed by atoms with E-state index in [0.717, 1.165) is 11.4 Å². The van der Waals surface area contributed by atoms with E-state index in [4.69, 9.17) is 11.6 Å². The van der Waals surface area contributed by atoms with Gasteiger partial charge in [-0.15, -0.1) is 0 Å². The number of nitrogens with one attached hydrogen (secondary N) is 1. The summed E-state index contributed by atoms with van der Waals surface area (Å²) in [7, 11) is 1.99. The minimum Gasteiger partial charge on any atom is -0.313 e. The molecule has 1 atom stereocenters. The summed E-state index contributed by atoms with van der Waals surface area (Å²) < 4.78 is 0. The maximum Gasteiger partial charge on any atom is 0.0406 e. The number of hydrogen-bond donors (Lipinski definition) is 1. The molecule has 3 rings (SSSR count). The first-order valence-corrected chi connectivity index (χ1v) is 7.40. The van der Waals surface area contributed by atoms with Crippen LogP contribution in [0, 0.1) is 0 Å². The second-order valence-electron chi connectivity index (χ2n) is 5.12. The van der Waals surface area contributed by atoms with E-state index in [0.29, 0.717) is 0 Å². The van der Waals surface area contributed by atoms with Crippen molar-refractivity contribution in [1.82, 2.24) is 10.3 Å². The quantitative estimate of drug-likeness (QED) is 0.772. The van der Waals surface area contributed by atoms with Crippen molar-refractivity contribution in [3.05, 3.63) is 77.1 Å². The molecule has 21 heavy (non-hydrogen) atoms. The van der Waals surface area contributed by atoms with Gasteiger partial charge >= 0.3 is 0 Å². The number of nitrogens with zero attached hydrogens (tertiary/aromatic N) is 1. The van der Waals surface area contributed by atoms with Crippen LogP contribution in [0.25, 0.3) is 10.8 Å². The Labute approximate surface area is 129 Å². The van der Waals surface area contributed by atoms with Gasteiger partial charge in [-0.1, -0.05) is 48.0 Å². The van der Waals surface area contributed by atoms with Crippen LogP contribution >= 0.6 is 11.6 Å². The van der Waals surface area contributed by atoms with Crippen molar-refractivity contribution in [1.29, 1.82) is 0 Å². The smallest absolute Gasteiger partial charge is 0.0406 e. The van der Waals surface area contributed by atoms with Crippen LogP contribution in [0.4, 0.5) is 0 Å². The van der Waals surface area contributed by atoms with Gasteiger partial charge in [0, 0.05) is 28.8 Å². The molecule has 0 aliphatic carbocycles. The van der Waals surface area contributed by atoms with E-state index in [9.17, 15) is 0 Å². The van der Waals surface area contributed by atoms with Gasteiger partial charge in [-0.2, -0.15) is 0 Å². The predicted octanol–water partition coefficient (Wildman–Crippen LogP) is 4.39. The predicted molar refractivity (Wildman–Crippen MR) is 88.7 cm³/mol. The monoisotopic (exact) mass is 296 g/mol. The second kappa shape index (κ2) is 6.25. The van der Waals surface area contributed by atoms with E-state index < -0.39 is 0 Å². The normalized spacial score (nSPS) is 12.5. The Kier molecular flexibility index (Phi) is 4.18. The Hall–Kier alpha value is -1.90. The molecular weight excluding hydrogens is 280 g/mol. The Morgan fingerprint density at radius 3 is 2.57 bits per heavy atom. The standard InChI is InChI=1S/C18H17ClN2/c1-20-18(10-13-6-8-15(19)9-7-13)17-12-21-11-14-4-2-3-5-16(14)17/h2-9,11-12,18,20H,10H2,1H3. The lowest BCUT2D eigenvalue weighted by Gasteiger charge is -2.18. The van der Waals surface area contributed by atoms with Gasteiger partial charge in [-0.3, -0.25) is 4.98 Å². The fourth-order valence-corrected chi connectivity index (χ4v) is 2.77. The van der Waals surface area contributed by atoms with Crippen LogP contribution in [0.5, 0.6) is 0 Å². The summed E-state index contributed by atoms with van der Waals surface area (Å²) in [6.07, 6.45) is 4.77. The number of pyridine rings is 1. The van der Waals surface area contributed by atoms with Crippen molar-refractivity contribution >= 4 is 22.4 Å². The van der Waals surface area contributed by atoms with Crippen LogP contribution in [-0.2, 0) is 6.42 Å². The number of benzene rings is 2. The number of likely N-dealkylation sites (N-methyl/N-ethyl adjacent to an activating group) is 1. The zero-order valence-electron chi connectivity index (χ0n) is 11.9. The topological polar surface area (TPSA) is 24.9 Å². The first-order valence-electron chi connectivity index (χ1n) is 7.02.